The highest BCUT2D eigenvalue weighted by Crippen LogP contribution is 2.12. The first-order chi connectivity index (χ1) is 6.14. The topological polar surface area (TPSA) is 24.1 Å². The van der Waals surface area contributed by atoms with Crippen LogP contribution in [-0.4, -0.2) is 24.7 Å². The van der Waals surface area contributed by atoms with Crippen molar-refractivity contribution >= 4 is 0 Å². The minimum atomic E-state index is 0.318. The molecule has 0 aliphatic carbocycles. The number of nitrogens with one attached hydrogen (secondary N) is 2. The molecule has 1 unspecified atom stereocenters. The van der Waals surface area contributed by atoms with Gasteiger partial charge in [-0.1, -0.05) is 13.3 Å². The highest BCUT2D eigenvalue weighted by molar-refractivity contribution is 4.82. The lowest BCUT2D eigenvalue weighted by Gasteiger charge is -2.27. The summed E-state index contributed by atoms with van der Waals surface area (Å²) in [6.45, 7) is 9.18. The summed E-state index contributed by atoms with van der Waals surface area (Å²) >= 11 is 0. The molecule has 1 fully saturated rings. The quantitative estimate of drug-likeness (QED) is 0.682. The Labute approximate surface area is 82.5 Å². The summed E-state index contributed by atoms with van der Waals surface area (Å²) in [6, 6.07) is 0.719. The van der Waals surface area contributed by atoms with E-state index in [1.807, 2.05) is 0 Å². The van der Waals surface area contributed by atoms with Gasteiger partial charge in [-0.2, -0.15) is 0 Å². The van der Waals surface area contributed by atoms with E-state index in [0.717, 1.165) is 12.6 Å². The van der Waals surface area contributed by atoms with Crippen LogP contribution in [0.3, 0.4) is 0 Å². The van der Waals surface area contributed by atoms with E-state index in [0.29, 0.717) is 5.54 Å². The summed E-state index contributed by atoms with van der Waals surface area (Å²) in [4.78, 5) is 0. The molecule has 2 N–H and O–H groups in total. The molecule has 0 aromatic carbocycles. The lowest BCUT2D eigenvalue weighted by atomic mass is 9.98. The van der Waals surface area contributed by atoms with Crippen LogP contribution in [0.15, 0.2) is 0 Å². The fraction of sp³-hybridized carbons (Fsp3) is 1.00. The second-order valence-corrected chi connectivity index (χ2v) is 4.81. The Kier molecular flexibility index (Phi) is 4.20. The first-order valence-electron chi connectivity index (χ1n) is 5.62. The zero-order chi connectivity index (χ0) is 9.73. The van der Waals surface area contributed by atoms with E-state index in [1.54, 1.807) is 0 Å². The van der Waals surface area contributed by atoms with Crippen molar-refractivity contribution in [2.45, 2.75) is 58.0 Å². The Morgan fingerprint density at radius 1 is 1.46 bits per heavy atom. The third-order valence-electron chi connectivity index (χ3n) is 2.86. The normalized spacial score (nSPS) is 23.8. The molecule has 0 radical (unpaired) electrons. The summed E-state index contributed by atoms with van der Waals surface area (Å²) in [7, 11) is 0. The first kappa shape index (κ1) is 11.0. The standard InChI is InChI=1S/C11H24N2/c1-4-7-11(2,3)13-9-10-6-5-8-12-10/h10,12-13H,4-9H2,1-3H3. The smallest absolute Gasteiger partial charge is 0.0193 e. The Morgan fingerprint density at radius 3 is 2.77 bits per heavy atom. The molecule has 1 saturated heterocycles. The van der Waals surface area contributed by atoms with Gasteiger partial charge in [-0.3, -0.25) is 0 Å². The molecular formula is C11H24N2. The molecule has 2 nitrogen and oxygen atoms in total. The summed E-state index contributed by atoms with van der Waals surface area (Å²) in [5.41, 5.74) is 0.318. The van der Waals surface area contributed by atoms with Gasteiger partial charge in [0, 0.05) is 18.1 Å². The van der Waals surface area contributed by atoms with Crippen molar-refractivity contribution in [3.8, 4) is 0 Å². The van der Waals surface area contributed by atoms with Gasteiger partial charge in [0.15, 0.2) is 0 Å². The van der Waals surface area contributed by atoms with Crippen LogP contribution in [0.25, 0.3) is 0 Å². The molecule has 0 spiro atoms. The SMILES string of the molecule is CCCC(C)(C)NCC1CCCN1. The monoisotopic (exact) mass is 184 g/mol. The summed E-state index contributed by atoms with van der Waals surface area (Å²) in [5.74, 6) is 0. The van der Waals surface area contributed by atoms with E-state index >= 15 is 0 Å². The van der Waals surface area contributed by atoms with Crippen molar-refractivity contribution < 1.29 is 0 Å². The van der Waals surface area contributed by atoms with Gasteiger partial charge in [0.25, 0.3) is 0 Å². The maximum absolute atomic E-state index is 3.64. The minimum Gasteiger partial charge on any atom is -0.313 e. The molecule has 1 atom stereocenters. The van der Waals surface area contributed by atoms with Gasteiger partial charge in [0.2, 0.25) is 0 Å². The molecule has 1 rings (SSSR count). The molecule has 2 heteroatoms. The molecule has 1 aliphatic heterocycles. The molecule has 0 amide bonds. The molecule has 1 aliphatic rings. The van der Waals surface area contributed by atoms with Crippen LogP contribution in [0.4, 0.5) is 0 Å². The van der Waals surface area contributed by atoms with Crippen LogP contribution in [-0.2, 0) is 0 Å². The third kappa shape index (κ3) is 4.10. The second kappa shape index (κ2) is 4.97. The summed E-state index contributed by atoms with van der Waals surface area (Å²) < 4.78 is 0. The average molecular weight is 184 g/mol. The van der Waals surface area contributed by atoms with Crippen LogP contribution < -0.4 is 10.6 Å². The van der Waals surface area contributed by atoms with Gasteiger partial charge in [0.05, 0.1) is 0 Å². The zero-order valence-electron chi connectivity index (χ0n) is 9.32. The lowest BCUT2D eigenvalue weighted by Crippen LogP contribution is -2.45. The highest BCUT2D eigenvalue weighted by atomic mass is 15.0. The van der Waals surface area contributed by atoms with Crippen LogP contribution in [0.5, 0.6) is 0 Å². The largest absolute Gasteiger partial charge is 0.313 e. The third-order valence-corrected chi connectivity index (χ3v) is 2.86. The molecular weight excluding hydrogens is 160 g/mol. The van der Waals surface area contributed by atoms with Crippen LogP contribution >= 0.6 is 0 Å². The summed E-state index contributed by atoms with van der Waals surface area (Å²) in [6.07, 6.45) is 5.22. The van der Waals surface area contributed by atoms with E-state index in [4.69, 9.17) is 0 Å². The van der Waals surface area contributed by atoms with Crippen LogP contribution in [0.2, 0.25) is 0 Å². The number of hydrogen-bond acceptors (Lipinski definition) is 2. The van der Waals surface area contributed by atoms with Gasteiger partial charge < -0.3 is 10.6 Å². The van der Waals surface area contributed by atoms with E-state index in [1.165, 1.54) is 32.2 Å². The van der Waals surface area contributed by atoms with Crippen molar-refractivity contribution in [2.24, 2.45) is 0 Å². The van der Waals surface area contributed by atoms with Crippen molar-refractivity contribution in [1.29, 1.82) is 0 Å². The van der Waals surface area contributed by atoms with Crippen LogP contribution in [0.1, 0.15) is 46.5 Å². The van der Waals surface area contributed by atoms with Crippen LogP contribution in [0, 0.1) is 0 Å². The van der Waals surface area contributed by atoms with Gasteiger partial charge in [-0.15, -0.1) is 0 Å². The number of hydrogen-bond donors (Lipinski definition) is 2. The van der Waals surface area contributed by atoms with Crippen molar-refractivity contribution in [3.05, 3.63) is 0 Å². The predicted octanol–water partition coefficient (Wildman–Crippen LogP) is 1.91. The number of rotatable bonds is 5. The zero-order valence-corrected chi connectivity index (χ0v) is 9.32. The Morgan fingerprint density at radius 2 is 2.23 bits per heavy atom. The first-order valence-corrected chi connectivity index (χ1v) is 5.62. The highest BCUT2D eigenvalue weighted by Gasteiger charge is 2.19. The van der Waals surface area contributed by atoms with E-state index in [-0.39, 0.29) is 0 Å². The molecule has 0 bridgehead atoms. The Balaban J connectivity index is 2.15. The van der Waals surface area contributed by atoms with E-state index < -0.39 is 0 Å². The van der Waals surface area contributed by atoms with Gasteiger partial charge in [-0.25, -0.2) is 0 Å². The molecule has 0 aromatic rings. The molecule has 0 saturated carbocycles. The van der Waals surface area contributed by atoms with E-state index in [2.05, 4.69) is 31.4 Å². The molecule has 78 valence electrons. The maximum Gasteiger partial charge on any atom is 0.0193 e. The average Bonchev–Trinajstić information content (AvgIpc) is 2.52. The Hall–Kier alpha value is -0.0800. The van der Waals surface area contributed by atoms with Crippen molar-refractivity contribution in [1.82, 2.24) is 10.6 Å². The lowest BCUT2D eigenvalue weighted by molar-refractivity contribution is 0.341. The molecule has 13 heavy (non-hydrogen) atoms. The van der Waals surface area contributed by atoms with Crippen molar-refractivity contribution in [3.63, 3.8) is 0 Å². The van der Waals surface area contributed by atoms with E-state index in [9.17, 15) is 0 Å². The fourth-order valence-corrected chi connectivity index (χ4v) is 2.04. The Bertz CT molecular complexity index is 137. The van der Waals surface area contributed by atoms with Gasteiger partial charge in [0.1, 0.15) is 0 Å². The molecule has 0 aromatic heterocycles. The fourth-order valence-electron chi connectivity index (χ4n) is 2.04. The predicted molar refractivity (Wildman–Crippen MR) is 58.0 cm³/mol. The van der Waals surface area contributed by atoms with Gasteiger partial charge in [-0.05, 0) is 39.7 Å². The van der Waals surface area contributed by atoms with Gasteiger partial charge >= 0.3 is 0 Å². The summed E-state index contributed by atoms with van der Waals surface area (Å²) in [5, 5.41) is 7.15. The second-order valence-electron chi connectivity index (χ2n) is 4.81. The maximum atomic E-state index is 3.64. The van der Waals surface area contributed by atoms with Crippen molar-refractivity contribution in [2.75, 3.05) is 13.1 Å². The molecule has 1 heterocycles. The minimum absolute atomic E-state index is 0.318.